The lowest BCUT2D eigenvalue weighted by molar-refractivity contribution is -0.111. The topological polar surface area (TPSA) is 78.5 Å². The first-order valence-electron chi connectivity index (χ1n) is 10.3. The third-order valence-electron chi connectivity index (χ3n) is 4.94. The van der Waals surface area contributed by atoms with E-state index in [4.69, 9.17) is 16.3 Å². The Hall–Kier alpha value is -3.55. The Morgan fingerprint density at radius 1 is 1.09 bits per heavy atom. The van der Waals surface area contributed by atoms with Gasteiger partial charge in [0.1, 0.15) is 16.6 Å². The Balaban J connectivity index is 1.45. The molecule has 0 spiro atoms. The van der Waals surface area contributed by atoms with Gasteiger partial charge in [0.05, 0.1) is 0 Å². The number of anilines is 4. The van der Waals surface area contributed by atoms with Crippen LogP contribution in [0.15, 0.2) is 73.3 Å². The smallest absolute Gasteiger partial charge is 0.247 e. The Bertz CT molecular complexity index is 1100. The molecule has 1 amide bonds. The molecule has 1 fully saturated rings. The number of halogens is 1. The van der Waals surface area contributed by atoms with Crippen LogP contribution in [-0.2, 0) is 4.79 Å². The van der Waals surface area contributed by atoms with Gasteiger partial charge in [-0.05, 0) is 54.6 Å². The van der Waals surface area contributed by atoms with Crippen LogP contribution in [0.5, 0.6) is 11.6 Å². The zero-order valence-electron chi connectivity index (χ0n) is 17.5. The molecule has 8 heteroatoms. The molecule has 0 aliphatic carbocycles. The second kappa shape index (κ2) is 10.2. The minimum Gasteiger partial charge on any atom is -0.437 e. The molecule has 3 N–H and O–H groups in total. The number of hydrogen-bond donors (Lipinski definition) is 3. The number of pyridine rings is 1. The SMILES string of the molecule is C=CC(=O)Nc1cccc(Oc2nc(Nc3ccc(N4CCNCC4)cc3)ccc2Cl)c1. The number of ether oxygens (including phenoxy) is 1. The minimum absolute atomic E-state index is 0.265. The van der Waals surface area contributed by atoms with E-state index in [9.17, 15) is 4.79 Å². The maximum absolute atomic E-state index is 11.5. The zero-order valence-corrected chi connectivity index (χ0v) is 18.2. The van der Waals surface area contributed by atoms with Crippen molar-refractivity contribution in [2.24, 2.45) is 0 Å². The van der Waals surface area contributed by atoms with E-state index in [0.29, 0.717) is 22.3 Å². The van der Waals surface area contributed by atoms with Crippen LogP contribution in [0.2, 0.25) is 5.02 Å². The number of piperazine rings is 1. The quantitative estimate of drug-likeness (QED) is 0.449. The van der Waals surface area contributed by atoms with Crippen LogP contribution < -0.4 is 25.6 Å². The van der Waals surface area contributed by atoms with Crippen molar-refractivity contribution in [2.45, 2.75) is 0 Å². The molecule has 2 aromatic carbocycles. The molecule has 0 atom stereocenters. The second-order valence-electron chi connectivity index (χ2n) is 7.22. The van der Waals surface area contributed by atoms with Gasteiger partial charge in [0.15, 0.2) is 0 Å². The normalized spacial score (nSPS) is 13.3. The second-order valence-corrected chi connectivity index (χ2v) is 7.62. The van der Waals surface area contributed by atoms with E-state index >= 15 is 0 Å². The molecule has 1 aliphatic rings. The van der Waals surface area contributed by atoms with Crippen LogP contribution in [0, 0.1) is 0 Å². The lowest BCUT2D eigenvalue weighted by atomic mass is 10.2. The first kappa shape index (κ1) is 21.7. The highest BCUT2D eigenvalue weighted by Crippen LogP contribution is 2.31. The van der Waals surface area contributed by atoms with Gasteiger partial charge in [0.2, 0.25) is 11.8 Å². The number of nitrogens with one attached hydrogen (secondary N) is 3. The molecular weight excluding hydrogens is 426 g/mol. The number of carbonyl (C=O) groups excluding carboxylic acids is 1. The predicted octanol–water partition coefficient (Wildman–Crippen LogP) is 4.81. The summed E-state index contributed by atoms with van der Waals surface area (Å²) >= 11 is 6.29. The van der Waals surface area contributed by atoms with Crippen molar-refractivity contribution >= 4 is 40.4 Å². The number of aromatic nitrogens is 1. The monoisotopic (exact) mass is 449 g/mol. The Morgan fingerprint density at radius 2 is 1.88 bits per heavy atom. The summed E-state index contributed by atoms with van der Waals surface area (Å²) in [4.78, 5) is 18.4. The van der Waals surface area contributed by atoms with E-state index in [1.807, 2.05) is 12.1 Å². The Labute approximate surface area is 192 Å². The third kappa shape index (κ3) is 5.57. The largest absolute Gasteiger partial charge is 0.437 e. The molecule has 0 unspecified atom stereocenters. The Kier molecular flexibility index (Phi) is 6.89. The summed E-state index contributed by atoms with van der Waals surface area (Å²) in [6.45, 7) is 7.46. The summed E-state index contributed by atoms with van der Waals surface area (Å²) in [5.74, 6) is 1.07. The molecular formula is C24H24ClN5O2. The first-order chi connectivity index (χ1) is 15.6. The van der Waals surface area contributed by atoms with Crippen molar-refractivity contribution in [1.29, 1.82) is 0 Å². The number of hydrogen-bond acceptors (Lipinski definition) is 6. The van der Waals surface area contributed by atoms with Crippen LogP contribution in [0.4, 0.5) is 22.9 Å². The fraction of sp³-hybridized carbons (Fsp3) is 0.167. The van der Waals surface area contributed by atoms with E-state index in [0.717, 1.165) is 31.9 Å². The molecule has 7 nitrogen and oxygen atoms in total. The van der Waals surface area contributed by atoms with Crippen molar-refractivity contribution in [3.63, 3.8) is 0 Å². The van der Waals surface area contributed by atoms with Crippen molar-refractivity contribution in [2.75, 3.05) is 41.7 Å². The third-order valence-corrected chi connectivity index (χ3v) is 5.22. The summed E-state index contributed by atoms with van der Waals surface area (Å²) in [6, 6.07) is 18.7. The summed E-state index contributed by atoms with van der Waals surface area (Å²) in [7, 11) is 0. The lowest BCUT2D eigenvalue weighted by Crippen LogP contribution is -2.43. The van der Waals surface area contributed by atoms with Crippen LogP contribution >= 0.6 is 11.6 Å². The molecule has 2 heterocycles. The van der Waals surface area contributed by atoms with Gasteiger partial charge in [-0.25, -0.2) is 0 Å². The highest BCUT2D eigenvalue weighted by Gasteiger charge is 2.11. The molecule has 164 valence electrons. The van der Waals surface area contributed by atoms with Crippen molar-refractivity contribution < 1.29 is 9.53 Å². The summed E-state index contributed by atoms with van der Waals surface area (Å²) in [5.41, 5.74) is 2.70. The summed E-state index contributed by atoms with van der Waals surface area (Å²) < 4.78 is 5.87. The highest BCUT2D eigenvalue weighted by molar-refractivity contribution is 6.31. The standard InChI is InChI=1S/C24H24ClN5O2/c1-2-23(31)28-18-4-3-5-20(16-18)32-24-21(25)10-11-22(29-24)27-17-6-8-19(9-7-17)30-14-12-26-13-15-30/h2-11,16,26H,1,12-15H2,(H,27,29)(H,28,31). The summed E-state index contributed by atoms with van der Waals surface area (Å²) in [6.07, 6.45) is 1.21. The van der Waals surface area contributed by atoms with Gasteiger partial charge in [0.25, 0.3) is 0 Å². The fourth-order valence-electron chi connectivity index (χ4n) is 3.33. The maximum atomic E-state index is 11.5. The fourth-order valence-corrected chi connectivity index (χ4v) is 3.48. The van der Waals surface area contributed by atoms with Gasteiger partial charge in [-0.1, -0.05) is 24.2 Å². The molecule has 3 aromatic rings. The highest BCUT2D eigenvalue weighted by atomic mass is 35.5. The molecule has 4 rings (SSSR count). The van der Waals surface area contributed by atoms with Crippen molar-refractivity contribution in [3.05, 3.63) is 78.3 Å². The Morgan fingerprint density at radius 3 is 2.62 bits per heavy atom. The molecule has 0 radical (unpaired) electrons. The van der Waals surface area contributed by atoms with Crippen LogP contribution in [0.1, 0.15) is 0 Å². The predicted molar refractivity (Wildman–Crippen MR) is 129 cm³/mol. The first-order valence-corrected chi connectivity index (χ1v) is 10.7. The van der Waals surface area contributed by atoms with Gasteiger partial charge in [-0.3, -0.25) is 4.79 Å². The van der Waals surface area contributed by atoms with E-state index < -0.39 is 0 Å². The molecule has 1 aromatic heterocycles. The average Bonchev–Trinajstić information content (AvgIpc) is 2.82. The molecule has 0 saturated carbocycles. The number of amides is 1. The molecule has 1 aliphatic heterocycles. The average molecular weight is 450 g/mol. The molecule has 32 heavy (non-hydrogen) atoms. The number of benzene rings is 2. The maximum Gasteiger partial charge on any atom is 0.247 e. The lowest BCUT2D eigenvalue weighted by Gasteiger charge is -2.29. The van der Waals surface area contributed by atoms with Gasteiger partial charge < -0.3 is 25.6 Å². The zero-order chi connectivity index (χ0) is 22.3. The summed E-state index contributed by atoms with van der Waals surface area (Å²) in [5, 5.41) is 9.72. The van der Waals surface area contributed by atoms with Crippen LogP contribution in [0.25, 0.3) is 0 Å². The van der Waals surface area contributed by atoms with E-state index in [2.05, 4.69) is 44.5 Å². The van der Waals surface area contributed by atoms with Crippen LogP contribution in [0.3, 0.4) is 0 Å². The van der Waals surface area contributed by atoms with Gasteiger partial charge >= 0.3 is 0 Å². The molecule has 1 saturated heterocycles. The minimum atomic E-state index is -0.299. The van der Waals surface area contributed by atoms with Gasteiger partial charge in [-0.2, -0.15) is 4.98 Å². The van der Waals surface area contributed by atoms with Crippen LogP contribution in [-0.4, -0.2) is 37.1 Å². The van der Waals surface area contributed by atoms with Gasteiger partial charge in [-0.15, -0.1) is 0 Å². The van der Waals surface area contributed by atoms with E-state index in [-0.39, 0.29) is 11.8 Å². The number of carbonyl (C=O) groups is 1. The number of rotatable bonds is 7. The van der Waals surface area contributed by atoms with Gasteiger partial charge in [0, 0.05) is 49.3 Å². The van der Waals surface area contributed by atoms with E-state index in [1.54, 1.807) is 36.4 Å². The van der Waals surface area contributed by atoms with E-state index in [1.165, 1.54) is 11.8 Å². The van der Waals surface area contributed by atoms with Crippen molar-refractivity contribution in [1.82, 2.24) is 10.3 Å². The van der Waals surface area contributed by atoms with Crippen molar-refractivity contribution in [3.8, 4) is 11.6 Å². The number of nitrogens with zero attached hydrogens (tertiary/aromatic N) is 2. The molecule has 0 bridgehead atoms.